The molecule has 0 bridgehead atoms. The molecule has 136 valence electrons. The summed E-state index contributed by atoms with van der Waals surface area (Å²) < 4.78 is 22.7. The molecule has 24 heavy (non-hydrogen) atoms. The van der Waals surface area contributed by atoms with Gasteiger partial charge in [0.15, 0.2) is 9.84 Å². The molecule has 0 saturated carbocycles. The molecule has 1 aliphatic rings. The van der Waals surface area contributed by atoms with Crippen molar-refractivity contribution in [3.05, 3.63) is 29.8 Å². The smallest absolute Gasteiger partial charge is 0.224 e. The second-order valence-corrected chi connectivity index (χ2v) is 8.75. The number of carbonyl (C=O) groups excluding carboxylic acids is 1. The molecule has 1 heterocycles. The number of rotatable bonds is 6. The summed E-state index contributed by atoms with van der Waals surface area (Å²) in [5.74, 6) is 0.855. The van der Waals surface area contributed by atoms with E-state index in [1.807, 2.05) is 0 Å². The minimum absolute atomic E-state index is 0. The molecule has 0 aromatic heterocycles. The van der Waals surface area contributed by atoms with E-state index >= 15 is 0 Å². The highest BCUT2D eigenvalue weighted by Gasteiger charge is 2.22. The van der Waals surface area contributed by atoms with Crippen molar-refractivity contribution in [3.63, 3.8) is 0 Å². The van der Waals surface area contributed by atoms with Gasteiger partial charge in [0.2, 0.25) is 5.91 Å². The summed E-state index contributed by atoms with van der Waals surface area (Å²) in [5, 5.41) is 6.26. The van der Waals surface area contributed by atoms with Crippen LogP contribution in [-0.2, 0) is 20.4 Å². The Balaban J connectivity index is 0.00000288. The molecule has 2 atom stereocenters. The maximum Gasteiger partial charge on any atom is 0.224 e. The lowest BCUT2D eigenvalue weighted by Crippen LogP contribution is -2.34. The van der Waals surface area contributed by atoms with Gasteiger partial charge in [-0.3, -0.25) is 4.79 Å². The summed E-state index contributed by atoms with van der Waals surface area (Å²) in [5.41, 5.74) is 1.35. The van der Waals surface area contributed by atoms with Crippen LogP contribution in [0, 0.1) is 11.8 Å². The molecule has 1 saturated heterocycles. The van der Waals surface area contributed by atoms with Crippen molar-refractivity contribution >= 4 is 33.8 Å². The molecule has 1 aliphatic heterocycles. The first-order valence-electron chi connectivity index (χ1n) is 8.11. The molecular weight excluding hydrogens is 348 g/mol. The van der Waals surface area contributed by atoms with E-state index in [1.165, 1.54) is 19.1 Å². The third-order valence-electron chi connectivity index (χ3n) is 4.29. The fourth-order valence-corrected chi connectivity index (χ4v) is 3.86. The molecule has 2 N–H and O–H groups in total. The maximum atomic E-state index is 12.2. The zero-order valence-corrected chi connectivity index (χ0v) is 15.9. The fraction of sp³-hybridized carbons (Fsp3) is 0.588. The van der Waals surface area contributed by atoms with Crippen molar-refractivity contribution < 1.29 is 13.2 Å². The van der Waals surface area contributed by atoms with E-state index in [2.05, 4.69) is 17.6 Å². The van der Waals surface area contributed by atoms with Crippen LogP contribution in [0.2, 0.25) is 0 Å². The van der Waals surface area contributed by atoms with Crippen LogP contribution in [0.5, 0.6) is 0 Å². The molecule has 2 rings (SSSR count). The van der Waals surface area contributed by atoms with Crippen LogP contribution < -0.4 is 10.6 Å². The van der Waals surface area contributed by atoms with Gasteiger partial charge in [-0.15, -0.1) is 12.4 Å². The normalized spacial score (nSPS) is 19.2. The number of amides is 1. The lowest BCUT2D eigenvalue weighted by Gasteiger charge is -2.28. The van der Waals surface area contributed by atoms with Crippen LogP contribution in [0.25, 0.3) is 0 Å². The number of sulfone groups is 1. The number of piperidine rings is 1. The van der Waals surface area contributed by atoms with Crippen LogP contribution in [-0.4, -0.2) is 33.7 Å². The molecule has 1 amide bonds. The Morgan fingerprint density at radius 3 is 2.79 bits per heavy atom. The number of hydrogen-bond acceptors (Lipinski definition) is 4. The van der Waals surface area contributed by atoms with Crippen molar-refractivity contribution in [1.29, 1.82) is 0 Å². The Morgan fingerprint density at radius 1 is 1.42 bits per heavy atom. The molecule has 7 heteroatoms. The van der Waals surface area contributed by atoms with Gasteiger partial charge in [-0.1, -0.05) is 19.1 Å². The predicted octanol–water partition coefficient (Wildman–Crippen LogP) is 2.62. The molecule has 1 fully saturated rings. The van der Waals surface area contributed by atoms with E-state index in [-0.39, 0.29) is 24.1 Å². The molecule has 1 aromatic rings. The third-order valence-corrected chi connectivity index (χ3v) is 5.14. The zero-order valence-electron chi connectivity index (χ0n) is 14.2. The lowest BCUT2D eigenvalue weighted by atomic mass is 9.85. The summed E-state index contributed by atoms with van der Waals surface area (Å²) in [6.45, 7) is 4.18. The largest absolute Gasteiger partial charge is 0.326 e. The average molecular weight is 375 g/mol. The first-order valence-corrected chi connectivity index (χ1v) is 10.2. The SMILES string of the molecule is CC(CC(=O)Nc1cccc(CS(C)(=O)=O)c1)C1CCCNC1.Cl. The first-order chi connectivity index (χ1) is 10.8. The van der Waals surface area contributed by atoms with Gasteiger partial charge < -0.3 is 10.6 Å². The van der Waals surface area contributed by atoms with Gasteiger partial charge in [0.1, 0.15) is 0 Å². The van der Waals surface area contributed by atoms with E-state index in [0.29, 0.717) is 29.5 Å². The molecule has 0 radical (unpaired) electrons. The third kappa shape index (κ3) is 7.20. The number of halogens is 1. The number of carbonyl (C=O) groups is 1. The van der Waals surface area contributed by atoms with E-state index in [0.717, 1.165) is 13.1 Å². The van der Waals surface area contributed by atoms with Crippen molar-refractivity contribution in [2.75, 3.05) is 24.7 Å². The van der Waals surface area contributed by atoms with E-state index in [1.54, 1.807) is 24.3 Å². The summed E-state index contributed by atoms with van der Waals surface area (Å²) >= 11 is 0. The van der Waals surface area contributed by atoms with Gasteiger partial charge in [-0.2, -0.15) is 0 Å². The maximum absolute atomic E-state index is 12.2. The summed E-state index contributed by atoms with van der Waals surface area (Å²) in [7, 11) is -3.08. The molecule has 5 nitrogen and oxygen atoms in total. The Bertz CT molecular complexity index is 643. The van der Waals surface area contributed by atoms with Crippen LogP contribution in [0.1, 0.15) is 31.7 Å². The van der Waals surface area contributed by atoms with Crippen LogP contribution in [0.15, 0.2) is 24.3 Å². The van der Waals surface area contributed by atoms with E-state index < -0.39 is 9.84 Å². The molecule has 0 spiro atoms. The highest BCUT2D eigenvalue weighted by atomic mass is 35.5. The zero-order chi connectivity index (χ0) is 16.9. The Morgan fingerprint density at radius 2 is 2.17 bits per heavy atom. The molecular formula is C17H27ClN2O3S. The summed E-state index contributed by atoms with van der Waals surface area (Å²) in [6, 6.07) is 7.04. The highest BCUT2D eigenvalue weighted by molar-refractivity contribution is 7.89. The Labute approximate surface area is 150 Å². The number of benzene rings is 1. The van der Waals surface area contributed by atoms with Crippen LogP contribution >= 0.6 is 12.4 Å². The van der Waals surface area contributed by atoms with Crippen molar-refractivity contribution in [1.82, 2.24) is 5.32 Å². The van der Waals surface area contributed by atoms with Gasteiger partial charge in [0.05, 0.1) is 5.75 Å². The Hall–Kier alpha value is -1.11. The van der Waals surface area contributed by atoms with E-state index in [9.17, 15) is 13.2 Å². The average Bonchev–Trinajstić information content (AvgIpc) is 2.46. The minimum Gasteiger partial charge on any atom is -0.326 e. The van der Waals surface area contributed by atoms with Gasteiger partial charge in [-0.05, 0) is 55.5 Å². The lowest BCUT2D eigenvalue weighted by molar-refractivity contribution is -0.117. The molecule has 2 unspecified atom stereocenters. The fourth-order valence-electron chi connectivity index (χ4n) is 3.08. The minimum atomic E-state index is -3.08. The first kappa shape index (κ1) is 20.9. The number of hydrogen-bond donors (Lipinski definition) is 2. The quantitative estimate of drug-likeness (QED) is 0.802. The second-order valence-electron chi connectivity index (χ2n) is 6.61. The van der Waals surface area contributed by atoms with Crippen LogP contribution in [0.3, 0.4) is 0 Å². The van der Waals surface area contributed by atoms with Crippen molar-refractivity contribution in [2.24, 2.45) is 11.8 Å². The highest BCUT2D eigenvalue weighted by Crippen LogP contribution is 2.23. The monoisotopic (exact) mass is 374 g/mol. The predicted molar refractivity (Wildman–Crippen MR) is 100 cm³/mol. The Kier molecular flexibility index (Phi) is 8.19. The van der Waals surface area contributed by atoms with E-state index in [4.69, 9.17) is 0 Å². The van der Waals surface area contributed by atoms with Gasteiger partial charge in [-0.25, -0.2) is 8.42 Å². The summed E-state index contributed by atoms with van der Waals surface area (Å²) in [6.07, 6.45) is 4.04. The van der Waals surface area contributed by atoms with Crippen LogP contribution in [0.4, 0.5) is 5.69 Å². The van der Waals surface area contributed by atoms with Gasteiger partial charge >= 0.3 is 0 Å². The van der Waals surface area contributed by atoms with Crippen molar-refractivity contribution in [3.8, 4) is 0 Å². The number of nitrogens with one attached hydrogen (secondary N) is 2. The topological polar surface area (TPSA) is 75.3 Å². The second kappa shape index (κ2) is 9.39. The molecule has 0 aliphatic carbocycles. The molecule has 1 aromatic carbocycles. The standard InChI is InChI=1S/C17H26N2O3S.ClH/c1-13(15-6-4-8-18-11-15)9-17(20)19-16-7-3-5-14(10-16)12-23(2,21)22;/h3,5,7,10,13,15,18H,4,6,8-9,11-12H2,1-2H3,(H,19,20);1H. The van der Waals surface area contributed by atoms with Gasteiger partial charge in [0.25, 0.3) is 0 Å². The van der Waals surface area contributed by atoms with Gasteiger partial charge in [0, 0.05) is 18.4 Å². The summed E-state index contributed by atoms with van der Waals surface area (Å²) in [4.78, 5) is 12.2. The van der Waals surface area contributed by atoms with Crippen molar-refractivity contribution in [2.45, 2.75) is 31.9 Å². The number of anilines is 1.